The second-order valence-electron chi connectivity index (χ2n) is 2.30. The molecule has 1 aromatic heterocycles. The molecule has 0 saturated heterocycles. The first kappa shape index (κ1) is 7.19. The van der Waals surface area contributed by atoms with Gasteiger partial charge in [-0.15, -0.1) is 0 Å². The van der Waals surface area contributed by atoms with Gasteiger partial charge in [0.2, 0.25) is 0 Å². The van der Waals surface area contributed by atoms with Gasteiger partial charge in [-0.2, -0.15) is 0 Å². The van der Waals surface area contributed by atoms with Crippen molar-refractivity contribution < 1.29 is 0 Å². The van der Waals surface area contributed by atoms with Crippen LogP contribution in [-0.2, 0) is 0 Å². The first-order chi connectivity index (χ1) is 5.29. The van der Waals surface area contributed by atoms with Gasteiger partial charge in [0.05, 0.1) is 10.5 Å². The summed E-state index contributed by atoms with van der Waals surface area (Å²) in [6, 6.07) is 5.95. The van der Waals surface area contributed by atoms with Crippen LogP contribution in [0.15, 0.2) is 28.9 Å². The van der Waals surface area contributed by atoms with Gasteiger partial charge in [-0.3, -0.25) is 0 Å². The number of aromatic amines is 1. The average Bonchev–Trinajstić information content (AvgIpc) is 2.45. The molecule has 1 aromatic carbocycles. The molecule has 0 spiro atoms. The van der Waals surface area contributed by atoms with Gasteiger partial charge in [-0.05, 0) is 28.1 Å². The van der Waals surface area contributed by atoms with Crippen LogP contribution in [0.4, 0.5) is 0 Å². The molecule has 11 heavy (non-hydrogen) atoms. The SMILES string of the molecule is Clc1c(Br)ccc2cc[nH]c12. The van der Waals surface area contributed by atoms with Gasteiger partial charge < -0.3 is 4.98 Å². The van der Waals surface area contributed by atoms with Gasteiger partial charge in [0.15, 0.2) is 0 Å². The number of aromatic nitrogens is 1. The molecule has 1 nitrogen and oxygen atoms in total. The molecule has 0 bridgehead atoms. The fourth-order valence-corrected chi connectivity index (χ4v) is 1.62. The van der Waals surface area contributed by atoms with Crippen molar-refractivity contribution in [1.82, 2.24) is 4.98 Å². The summed E-state index contributed by atoms with van der Waals surface area (Å²) in [5.74, 6) is 0. The largest absolute Gasteiger partial charge is 0.360 e. The highest BCUT2D eigenvalue weighted by molar-refractivity contribution is 9.10. The van der Waals surface area contributed by atoms with Gasteiger partial charge >= 0.3 is 0 Å². The zero-order valence-electron chi connectivity index (χ0n) is 5.57. The molecule has 1 N–H and O–H groups in total. The van der Waals surface area contributed by atoms with E-state index in [-0.39, 0.29) is 0 Å². The van der Waals surface area contributed by atoms with Crippen molar-refractivity contribution in [3.8, 4) is 0 Å². The van der Waals surface area contributed by atoms with Crippen molar-refractivity contribution in [3.05, 3.63) is 33.9 Å². The minimum absolute atomic E-state index is 0.743. The third kappa shape index (κ3) is 1.06. The fraction of sp³-hybridized carbons (Fsp3) is 0. The molecule has 2 aromatic rings. The average molecular weight is 230 g/mol. The zero-order chi connectivity index (χ0) is 7.84. The molecule has 0 radical (unpaired) electrons. The summed E-state index contributed by atoms with van der Waals surface area (Å²) >= 11 is 9.34. The monoisotopic (exact) mass is 229 g/mol. The summed E-state index contributed by atoms with van der Waals surface area (Å²) in [7, 11) is 0. The minimum Gasteiger partial charge on any atom is -0.360 e. The summed E-state index contributed by atoms with van der Waals surface area (Å²) < 4.78 is 0.925. The molecule has 0 unspecified atom stereocenters. The number of H-pyrrole nitrogens is 1. The Labute approximate surface area is 77.5 Å². The summed E-state index contributed by atoms with van der Waals surface area (Å²) in [5, 5.41) is 1.88. The maximum atomic E-state index is 5.99. The molecule has 3 heteroatoms. The quantitative estimate of drug-likeness (QED) is 0.712. The second-order valence-corrected chi connectivity index (χ2v) is 3.54. The maximum Gasteiger partial charge on any atom is 0.0788 e. The predicted molar refractivity (Wildman–Crippen MR) is 51.0 cm³/mol. The highest BCUT2D eigenvalue weighted by atomic mass is 79.9. The van der Waals surface area contributed by atoms with Crippen molar-refractivity contribution in [2.45, 2.75) is 0 Å². The van der Waals surface area contributed by atoms with E-state index in [0.29, 0.717) is 0 Å². The standard InChI is InChI=1S/C8H5BrClN/c9-6-2-1-5-3-4-11-8(5)7(6)10/h1-4,11H. The van der Waals surface area contributed by atoms with Gasteiger partial charge in [0.25, 0.3) is 0 Å². The Balaban J connectivity index is 2.93. The number of hydrogen-bond acceptors (Lipinski definition) is 0. The Kier molecular flexibility index (Phi) is 1.66. The molecular weight excluding hydrogens is 225 g/mol. The summed E-state index contributed by atoms with van der Waals surface area (Å²) in [6.45, 7) is 0. The van der Waals surface area contributed by atoms with Crippen LogP contribution in [0.1, 0.15) is 0 Å². The van der Waals surface area contributed by atoms with Crippen LogP contribution in [-0.4, -0.2) is 4.98 Å². The number of fused-ring (bicyclic) bond motifs is 1. The topological polar surface area (TPSA) is 15.8 Å². The number of benzene rings is 1. The van der Waals surface area contributed by atoms with E-state index < -0.39 is 0 Å². The van der Waals surface area contributed by atoms with Crippen LogP contribution in [0, 0.1) is 0 Å². The molecule has 0 saturated carbocycles. The Bertz CT molecular complexity index is 394. The van der Waals surface area contributed by atoms with Gasteiger partial charge in [-0.1, -0.05) is 17.7 Å². The van der Waals surface area contributed by atoms with E-state index in [1.54, 1.807) is 0 Å². The van der Waals surface area contributed by atoms with Crippen LogP contribution in [0.2, 0.25) is 5.02 Å². The van der Waals surface area contributed by atoms with E-state index in [1.807, 2.05) is 24.4 Å². The Morgan fingerprint density at radius 2 is 2.09 bits per heavy atom. The molecule has 2 rings (SSSR count). The lowest BCUT2D eigenvalue weighted by Crippen LogP contribution is -1.71. The van der Waals surface area contributed by atoms with E-state index in [0.717, 1.165) is 20.4 Å². The van der Waals surface area contributed by atoms with E-state index in [1.165, 1.54) is 0 Å². The lowest BCUT2D eigenvalue weighted by molar-refractivity contribution is 1.47. The molecule has 0 fully saturated rings. The normalized spacial score (nSPS) is 10.7. The van der Waals surface area contributed by atoms with E-state index >= 15 is 0 Å². The third-order valence-electron chi connectivity index (χ3n) is 1.62. The predicted octanol–water partition coefficient (Wildman–Crippen LogP) is 3.58. The van der Waals surface area contributed by atoms with Crippen molar-refractivity contribution in [1.29, 1.82) is 0 Å². The molecule has 0 aliphatic heterocycles. The number of halogens is 2. The fourth-order valence-electron chi connectivity index (χ4n) is 1.07. The number of nitrogens with one attached hydrogen (secondary N) is 1. The van der Waals surface area contributed by atoms with Crippen molar-refractivity contribution in [2.75, 3.05) is 0 Å². The zero-order valence-corrected chi connectivity index (χ0v) is 7.91. The first-order valence-corrected chi connectivity index (χ1v) is 4.37. The smallest absolute Gasteiger partial charge is 0.0788 e. The van der Waals surface area contributed by atoms with Crippen molar-refractivity contribution in [2.24, 2.45) is 0 Å². The van der Waals surface area contributed by atoms with E-state index in [9.17, 15) is 0 Å². The molecule has 0 aliphatic rings. The first-order valence-electron chi connectivity index (χ1n) is 3.20. The molecule has 56 valence electrons. The summed E-state index contributed by atoms with van der Waals surface area (Å²) in [5.41, 5.74) is 0.987. The highest BCUT2D eigenvalue weighted by Crippen LogP contribution is 2.29. The molecule has 0 amide bonds. The van der Waals surface area contributed by atoms with Gasteiger partial charge in [0, 0.05) is 16.1 Å². The van der Waals surface area contributed by atoms with Gasteiger partial charge in [0.1, 0.15) is 0 Å². The van der Waals surface area contributed by atoms with Gasteiger partial charge in [-0.25, -0.2) is 0 Å². The molecule has 0 aliphatic carbocycles. The molecule has 1 heterocycles. The summed E-state index contributed by atoms with van der Waals surface area (Å²) in [4.78, 5) is 3.07. The van der Waals surface area contributed by atoms with Crippen LogP contribution in [0.3, 0.4) is 0 Å². The number of rotatable bonds is 0. The Morgan fingerprint density at radius 1 is 1.27 bits per heavy atom. The van der Waals surface area contributed by atoms with Crippen molar-refractivity contribution in [3.63, 3.8) is 0 Å². The lowest BCUT2D eigenvalue weighted by atomic mass is 10.2. The van der Waals surface area contributed by atoms with Crippen molar-refractivity contribution >= 4 is 38.4 Å². The van der Waals surface area contributed by atoms with Crippen LogP contribution >= 0.6 is 27.5 Å². The summed E-state index contributed by atoms with van der Waals surface area (Å²) in [6.07, 6.45) is 1.88. The van der Waals surface area contributed by atoms with Crippen LogP contribution in [0.25, 0.3) is 10.9 Å². The maximum absolute atomic E-state index is 5.99. The third-order valence-corrected chi connectivity index (χ3v) is 2.90. The van der Waals surface area contributed by atoms with E-state index in [2.05, 4.69) is 20.9 Å². The Morgan fingerprint density at radius 3 is 2.91 bits per heavy atom. The molecular formula is C8H5BrClN. The van der Waals surface area contributed by atoms with Crippen LogP contribution in [0.5, 0.6) is 0 Å². The molecule has 0 atom stereocenters. The Hall–Kier alpha value is -0.470. The van der Waals surface area contributed by atoms with E-state index in [4.69, 9.17) is 11.6 Å². The highest BCUT2D eigenvalue weighted by Gasteiger charge is 2.02. The minimum atomic E-state index is 0.743. The lowest BCUT2D eigenvalue weighted by Gasteiger charge is -1.95. The second kappa shape index (κ2) is 2.54. The number of hydrogen-bond donors (Lipinski definition) is 1. The van der Waals surface area contributed by atoms with Crippen LogP contribution < -0.4 is 0 Å².